The molecule has 2 aliphatic rings. The molecule has 9 heteroatoms. The van der Waals surface area contributed by atoms with Crippen LogP contribution in [-0.2, 0) is 13.0 Å². The molecular formula is C17H24F3N5O. The Morgan fingerprint density at radius 3 is 2.54 bits per heavy atom. The van der Waals surface area contributed by atoms with Crippen LogP contribution < -0.4 is 5.32 Å². The van der Waals surface area contributed by atoms with E-state index in [4.69, 9.17) is 0 Å². The Hall–Kier alpha value is -1.90. The lowest BCUT2D eigenvalue weighted by atomic mass is 10.0. The number of carbonyl (C=O) groups is 1. The molecule has 0 aromatic carbocycles. The van der Waals surface area contributed by atoms with E-state index >= 15 is 0 Å². The van der Waals surface area contributed by atoms with Gasteiger partial charge in [-0.05, 0) is 12.8 Å². The van der Waals surface area contributed by atoms with Crippen LogP contribution in [0.3, 0.4) is 0 Å². The van der Waals surface area contributed by atoms with E-state index in [1.807, 2.05) is 0 Å². The van der Waals surface area contributed by atoms with Crippen molar-refractivity contribution in [3.8, 4) is 0 Å². The minimum atomic E-state index is -4.22. The maximum Gasteiger partial charge on any atom is 0.392 e. The lowest BCUT2D eigenvalue weighted by Gasteiger charge is -2.32. The zero-order valence-corrected chi connectivity index (χ0v) is 15.1. The summed E-state index contributed by atoms with van der Waals surface area (Å²) in [5, 5.41) is 2.87. The van der Waals surface area contributed by atoms with Crippen LogP contribution in [0.2, 0.25) is 0 Å². The molecule has 1 aromatic heterocycles. The highest BCUT2D eigenvalue weighted by atomic mass is 19.4. The number of halogens is 3. The molecule has 0 aliphatic carbocycles. The number of nitrogens with zero attached hydrogens (tertiary/aromatic N) is 4. The molecular weight excluding hydrogens is 347 g/mol. The monoisotopic (exact) mass is 371 g/mol. The summed E-state index contributed by atoms with van der Waals surface area (Å²) < 4.78 is 38.7. The molecule has 3 heterocycles. The number of carbonyl (C=O) groups excluding carboxylic acids is 1. The quantitative estimate of drug-likeness (QED) is 0.880. The van der Waals surface area contributed by atoms with Gasteiger partial charge in [-0.15, -0.1) is 0 Å². The maximum absolute atomic E-state index is 12.9. The van der Waals surface area contributed by atoms with Gasteiger partial charge in [-0.2, -0.15) is 13.2 Å². The Morgan fingerprint density at radius 1 is 1.23 bits per heavy atom. The van der Waals surface area contributed by atoms with Crippen LogP contribution in [0.15, 0.2) is 0 Å². The minimum absolute atomic E-state index is 0.0892. The third-order valence-electron chi connectivity index (χ3n) is 5.05. The molecule has 0 saturated carbocycles. The van der Waals surface area contributed by atoms with Gasteiger partial charge in [-0.25, -0.2) is 9.97 Å². The predicted octanol–water partition coefficient (Wildman–Crippen LogP) is 2.31. The molecule has 1 amide bonds. The highest BCUT2D eigenvalue weighted by molar-refractivity contribution is 5.94. The Bertz CT molecular complexity index is 673. The fraction of sp³-hybridized carbons (Fsp3) is 0.706. The van der Waals surface area contributed by atoms with Crippen LogP contribution in [0, 0.1) is 5.92 Å². The first kappa shape index (κ1) is 18.9. The zero-order chi connectivity index (χ0) is 18.9. The number of nitrogens with one attached hydrogen (secondary N) is 1. The topological polar surface area (TPSA) is 61.4 Å². The van der Waals surface area contributed by atoms with Crippen molar-refractivity contribution < 1.29 is 18.0 Å². The number of likely N-dealkylation sites (tertiary alicyclic amines) is 1. The number of fused-ring (bicyclic) bond motifs is 1. The Kier molecular flexibility index (Phi) is 5.36. The molecule has 0 bridgehead atoms. The Labute approximate surface area is 150 Å². The number of hydrogen-bond acceptors (Lipinski definition) is 5. The van der Waals surface area contributed by atoms with Gasteiger partial charge in [0.1, 0.15) is 5.69 Å². The molecule has 1 saturated heterocycles. The molecule has 26 heavy (non-hydrogen) atoms. The first-order valence-electron chi connectivity index (χ1n) is 8.95. The van der Waals surface area contributed by atoms with Gasteiger partial charge >= 0.3 is 6.18 Å². The molecule has 1 atom stereocenters. The summed E-state index contributed by atoms with van der Waals surface area (Å²) in [5.74, 6) is -1.19. The molecule has 1 aromatic rings. The van der Waals surface area contributed by atoms with Crippen molar-refractivity contribution in [3.05, 3.63) is 17.0 Å². The van der Waals surface area contributed by atoms with Gasteiger partial charge < -0.3 is 10.2 Å². The molecule has 1 fully saturated rings. The summed E-state index contributed by atoms with van der Waals surface area (Å²) in [5.41, 5.74) is 1.75. The maximum atomic E-state index is 12.9. The van der Waals surface area contributed by atoms with Crippen LogP contribution in [0.5, 0.6) is 0 Å². The van der Waals surface area contributed by atoms with Crippen LogP contribution >= 0.6 is 0 Å². The summed E-state index contributed by atoms with van der Waals surface area (Å²) in [6.45, 7) is 3.25. The fourth-order valence-corrected chi connectivity index (χ4v) is 3.48. The van der Waals surface area contributed by atoms with Crippen LogP contribution in [0.1, 0.15) is 41.5 Å². The molecule has 2 aliphatic heterocycles. The van der Waals surface area contributed by atoms with E-state index in [9.17, 15) is 18.0 Å². The highest BCUT2D eigenvalue weighted by Crippen LogP contribution is 2.29. The predicted molar refractivity (Wildman–Crippen MR) is 90.9 cm³/mol. The second-order valence-electron chi connectivity index (χ2n) is 7.00. The van der Waals surface area contributed by atoms with Crippen molar-refractivity contribution >= 4 is 11.9 Å². The van der Waals surface area contributed by atoms with Crippen LogP contribution in [-0.4, -0.2) is 65.1 Å². The Balaban J connectivity index is 1.86. The van der Waals surface area contributed by atoms with Gasteiger partial charge in [0.25, 0.3) is 5.91 Å². The third kappa shape index (κ3) is 3.92. The normalized spacial score (nSPS) is 19.3. The molecule has 0 radical (unpaired) electrons. The molecule has 1 N–H and O–H groups in total. The van der Waals surface area contributed by atoms with E-state index < -0.39 is 12.1 Å². The first-order chi connectivity index (χ1) is 12.3. The highest BCUT2D eigenvalue weighted by Gasteiger charge is 2.38. The van der Waals surface area contributed by atoms with E-state index in [-0.39, 0.29) is 19.0 Å². The first-order valence-corrected chi connectivity index (χ1v) is 8.95. The van der Waals surface area contributed by atoms with Crippen LogP contribution in [0.4, 0.5) is 19.1 Å². The number of amides is 1. The largest absolute Gasteiger partial charge is 0.392 e. The number of hydrogen-bond donors (Lipinski definition) is 1. The van der Waals surface area contributed by atoms with Crippen molar-refractivity contribution in [2.75, 3.05) is 38.5 Å². The van der Waals surface area contributed by atoms with E-state index in [0.717, 1.165) is 18.5 Å². The summed E-state index contributed by atoms with van der Waals surface area (Å²) in [6.07, 6.45) is -1.78. The lowest BCUT2D eigenvalue weighted by Crippen LogP contribution is -2.40. The summed E-state index contributed by atoms with van der Waals surface area (Å²) in [4.78, 5) is 25.2. The SMILES string of the molecule is CNc1nc2c(c(C(=O)N3CCCC3)n1)CN(CC(C)C(F)(F)F)CC2. The number of anilines is 1. The van der Waals surface area contributed by atoms with Crippen LogP contribution in [0.25, 0.3) is 0 Å². The van der Waals surface area contributed by atoms with Gasteiger partial charge in [-0.1, -0.05) is 6.92 Å². The Morgan fingerprint density at radius 2 is 1.92 bits per heavy atom. The number of alkyl halides is 3. The van der Waals surface area contributed by atoms with E-state index in [1.54, 1.807) is 16.8 Å². The third-order valence-corrected chi connectivity index (χ3v) is 5.05. The van der Waals surface area contributed by atoms with Crippen molar-refractivity contribution in [1.29, 1.82) is 0 Å². The van der Waals surface area contributed by atoms with E-state index in [2.05, 4.69) is 15.3 Å². The van der Waals surface area contributed by atoms with Gasteiger partial charge in [-0.3, -0.25) is 9.69 Å². The summed E-state index contributed by atoms with van der Waals surface area (Å²) >= 11 is 0. The van der Waals surface area contributed by atoms with Gasteiger partial charge in [0.05, 0.1) is 11.6 Å². The number of rotatable bonds is 4. The molecule has 0 spiro atoms. The van der Waals surface area contributed by atoms with E-state index in [1.165, 1.54) is 6.92 Å². The molecule has 3 rings (SSSR count). The second-order valence-corrected chi connectivity index (χ2v) is 7.00. The smallest absolute Gasteiger partial charge is 0.357 e. The molecule has 6 nitrogen and oxygen atoms in total. The van der Waals surface area contributed by atoms with Crippen molar-refractivity contribution in [2.24, 2.45) is 5.92 Å². The lowest BCUT2D eigenvalue weighted by molar-refractivity contribution is -0.174. The fourth-order valence-electron chi connectivity index (χ4n) is 3.48. The van der Waals surface area contributed by atoms with Gasteiger partial charge in [0.2, 0.25) is 5.95 Å². The van der Waals surface area contributed by atoms with Crippen molar-refractivity contribution in [3.63, 3.8) is 0 Å². The molecule has 1 unspecified atom stereocenters. The average molecular weight is 371 g/mol. The van der Waals surface area contributed by atoms with Gasteiger partial charge in [0, 0.05) is 51.8 Å². The zero-order valence-electron chi connectivity index (χ0n) is 15.1. The summed E-state index contributed by atoms with van der Waals surface area (Å²) in [7, 11) is 1.69. The minimum Gasteiger partial charge on any atom is -0.357 e. The number of aromatic nitrogens is 2. The van der Waals surface area contributed by atoms with E-state index in [0.29, 0.717) is 43.3 Å². The summed E-state index contributed by atoms with van der Waals surface area (Å²) in [6, 6.07) is 0. The average Bonchev–Trinajstić information content (AvgIpc) is 3.14. The second kappa shape index (κ2) is 7.38. The van der Waals surface area contributed by atoms with Gasteiger partial charge in [0.15, 0.2) is 0 Å². The molecule has 144 valence electrons. The van der Waals surface area contributed by atoms with Crippen molar-refractivity contribution in [2.45, 2.75) is 38.9 Å². The van der Waals surface area contributed by atoms with Crippen molar-refractivity contribution in [1.82, 2.24) is 19.8 Å². The standard InChI is InChI=1S/C17H24F3N5O/c1-11(17(18,19)20)9-24-8-5-13-12(10-24)14(23-16(21-2)22-13)15(26)25-6-3-4-7-25/h11H,3-10H2,1-2H3,(H,21,22,23).